The number of nitrogens with one attached hydrogen (secondary N) is 2. The van der Waals surface area contributed by atoms with Gasteiger partial charge in [0.2, 0.25) is 0 Å². The zero-order valence-corrected chi connectivity index (χ0v) is 19.5. The second-order valence-electron chi connectivity index (χ2n) is 7.80. The van der Waals surface area contributed by atoms with Crippen LogP contribution in [0.2, 0.25) is 4.34 Å². The Hall–Kier alpha value is -3.46. The first-order valence-electron chi connectivity index (χ1n) is 10.6. The third kappa shape index (κ3) is 5.91. The van der Waals surface area contributed by atoms with Crippen molar-refractivity contribution in [3.8, 4) is 21.7 Å². The maximum absolute atomic E-state index is 12.8. The van der Waals surface area contributed by atoms with Crippen LogP contribution in [-0.4, -0.2) is 44.4 Å². The minimum absolute atomic E-state index is 0.140. The number of carboxylic acids is 1. The summed E-state index contributed by atoms with van der Waals surface area (Å²) in [6, 6.07) is 22.3. The van der Waals surface area contributed by atoms with E-state index in [9.17, 15) is 14.7 Å². The van der Waals surface area contributed by atoms with E-state index in [0.29, 0.717) is 16.5 Å². The van der Waals surface area contributed by atoms with Crippen molar-refractivity contribution in [2.75, 3.05) is 0 Å². The number of rotatable bonds is 9. The summed E-state index contributed by atoms with van der Waals surface area (Å²) in [5.74, 6) is -1.80. The molecule has 174 valence electrons. The Labute approximate surface area is 205 Å². The van der Waals surface area contributed by atoms with Crippen LogP contribution in [0, 0.1) is 0 Å². The summed E-state index contributed by atoms with van der Waals surface area (Å²) < 4.78 is 0.622. The fourth-order valence-electron chi connectivity index (χ4n) is 3.59. The average molecular weight is 496 g/mol. The van der Waals surface area contributed by atoms with Crippen LogP contribution >= 0.6 is 22.9 Å². The van der Waals surface area contributed by atoms with Gasteiger partial charge in [-0.25, -0.2) is 4.79 Å². The summed E-state index contributed by atoms with van der Waals surface area (Å²) in [4.78, 5) is 24.9. The quantitative estimate of drug-likeness (QED) is 0.270. The first-order chi connectivity index (χ1) is 16.4. The van der Waals surface area contributed by atoms with Crippen molar-refractivity contribution in [1.29, 1.82) is 0 Å². The van der Waals surface area contributed by atoms with E-state index >= 15 is 0 Å². The number of aromatic nitrogens is 2. The molecule has 7 nitrogen and oxygen atoms in total. The molecule has 0 radical (unpaired) electrons. The lowest BCUT2D eigenvalue weighted by molar-refractivity contribution is -0.147. The van der Waals surface area contributed by atoms with Crippen molar-refractivity contribution in [3.63, 3.8) is 0 Å². The third-order valence-electron chi connectivity index (χ3n) is 5.32. The van der Waals surface area contributed by atoms with E-state index in [1.807, 2.05) is 60.7 Å². The highest BCUT2D eigenvalue weighted by atomic mass is 35.5. The van der Waals surface area contributed by atoms with Gasteiger partial charge in [0.1, 0.15) is 0 Å². The maximum Gasteiger partial charge on any atom is 0.332 e. The van der Waals surface area contributed by atoms with E-state index in [2.05, 4.69) is 15.5 Å². The van der Waals surface area contributed by atoms with Gasteiger partial charge in [0.15, 0.2) is 11.8 Å². The Morgan fingerprint density at radius 3 is 2.38 bits per heavy atom. The summed E-state index contributed by atoms with van der Waals surface area (Å²) in [5, 5.41) is 28.8. The van der Waals surface area contributed by atoms with E-state index in [4.69, 9.17) is 16.7 Å². The first-order valence-corrected chi connectivity index (χ1v) is 11.8. The highest BCUT2D eigenvalue weighted by molar-refractivity contribution is 7.19. The predicted octanol–water partition coefficient (Wildman–Crippen LogP) is 4.64. The fourth-order valence-corrected chi connectivity index (χ4v) is 4.60. The van der Waals surface area contributed by atoms with Gasteiger partial charge in [0.05, 0.1) is 14.9 Å². The zero-order valence-electron chi connectivity index (χ0n) is 17.9. The van der Waals surface area contributed by atoms with Gasteiger partial charge < -0.3 is 15.5 Å². The summed E-state index contributed by atoms with van der Waals surface area (Å²) in [6.07, 6.45) is -1.39. The minimum Gasteiger partial charge on any atom is -0.479 e. The Kier molecular flexibility index (Phi) is 7.42. The number of carboxylic acid groups (broad SMARTS) is 1. The lowest BCUT2D eigenvalue weighted by Crippen LogP contribution is -2.40. The van der Waals surface area contributed by atoms with Gasteiger partial charge in [-0.2, -0.15) is 5.10 Å². The number of aliphatic carboxylic acids is 1. The van der Waals surface area contributed by atoms with Crippen molar-refractivity contribution in [1.82, 2.24) is 15.5 Å². The normalized spacial score (nSPS) is 12.8. The molecule has 0 bridgehead atoms. The van der Waals surface area contributed by atoms with Crippen LogP contribution in [-0.2, 0) is 11.2 Å². The minimum atomic E-state index is -1.60. The molecule has 4 N–H and O–H groups in total. The van der Waals surface area contributed by atoms with Crippen LogP contribution < -0.4 is 5.32 Å². The second-order valence-corrected chi connectivity index (χ2v) is 9.51. The number of aliphatic hydroxyl groups is 1. The Morgan fingerprint density at radius 2 is 1.74 bits per heavy atom. The van der Waals surface area contributed by atoms with Crippen LogP contribution in [0.1, 0.15) is 22.5 Å². The highest BCUT2D eigenvalue weighted by Crippen LogP contribution is 2.30. The van der Waals surface area contributed by atoms with Gasteiger partial charge in [-0.05, 0) is 41.3 Å². The molecule has 1 amide bonds. The molecule has 0 aliphatic carbocycles. The van der Waals surface area contributed by atoms with Gasteiger partial charge >= 0.3 is 5.97 Å². The van der Waals surface area contributed by atoms with Crippen molar-refractivity contribution < 1.29 is 19.8 Å². The number of nitrogens with zero attached hydrogens (tertiary/aromatic N) is 1. The number of benzene rings is 2. The molecule has 0 aliphatic rings. The van der Waals surface area contributed by atoms with E-state index < -0.39 is 24.0 Å². The Morgan fingerprint density at radius 1 is 1.03 bits per heavy atom. The molecule has 4 rings (SSSR count). The summed E-state index contributed by atoms with van der Waals surface area (Å²) in [5.41, 5.74) is 3.85. The van der Waals surface area contributed by atoms with Crippen molar-refractivity contribution in [2.45, 2.75) is 25.0 Å². The number of carbonyl (C=O) groups is 2. The molecule has 0 spiro atoms. The molecule has 0 saturated carbocycles. The lowest BCUT2D eigenvalue weighted by atomic mass is 9.97. The van der Waals surface area contributed by atoms with Crippen molar-refractivity contribution in [3.05, 3.63) is 88.4 Å². The number of aromatic amines is 1. The smallest absolute Gasteiger partial charge is 0.332 e. The predicted molar refractivity (Wildman–Crippen MR) is 132 cm³/mol. The summed E-state index contributed by atoms with van der Waals surface area (Å²) >= 11 is 7.33. The Bertz CT molecular complexity index is 1270. The summed E-state index contributed by atoms with van der Waals surface area (Å²) in [6.45, 7) is 0. The standard InChI is InChI=1S/C25H22ClN3O4S/c26-23-11-10-22(34-23)19-14-20(29-28-19)24(31)27-18(13-21(30)25(32)33)12-15-6-8-17(9-7-15)16-4-2-1-3-5-16/h1-11,14,18,21,30H,12-13H2,(H,27,31)(H,28,29)(H,32,33)/t18-,21-/m1/s1. The maximum atomic E-state index is 12.8. The monoisotopic (exact) mass is 495 g/mol. The van der Waals surface area contributed by atoms with Gasteiger partial charge in [0.25, 0.3) is 5.91 Å². The molecule has 0 saturated heterocycles. The van der Waals surface area contributed by atoms with Crippen LogP contribution in [0.25, 0.3) is 21.7 Å². The van der Waals surface area contributed by atoms with E-state index in [1.165, 1.54) is 11.3 Å². The molecule has 34 heavy (non-hydrogen) atoms. The third-order valence-corrected chi connectivity index (χ3v) is 6.58. The highest BCUT2D eigenvalue weighted by Gasteiger charge is 2.23. The fraction of sp³-hybridized carbons (Fsp3) is 0.160. The molecule has 0 aliphatic heterocycles. The number of aliphatic hydroxyl groups excluding tert-OH is 1. The number of halogens is 1. The second kappa shape index (κ2) is 10.6. The van der Waals surface area contributed by atoms with Crippen molar-refractivity contribution in [2.24, 2.45) is 0 Å². The molecule has 2 aromatic heterocycles. The number of hydrogen-bond acceptors (Lipinski definition) is 5. The van der Waals surface area contributed by atoms with Gasteiger partial charge in [0, 0.05) is 12.5 Å². The number of H-pyrrole nitrogens is 1. The van der Waals surface area contributed by atoms with Crippen LogP contribution in [0.5, 0.6) is 0 Å². The number of hydrogen-bond donors (Lipinski definition) is 4. The molecule has 4 aromatic rings. The molecule has 2 heterocycles. The molecule has 0 fully saturated rings. The average Bonchev–Trinajstić information content (AvgIpc) is 3.49. The zero-order chi connectivity index (χ0) is 24.1. The molecule has 0 unspecified atom stereocenters. The van der Waals surface area contributed by atoms with Gasteiger partial charge in [-0.3, -0.25) is 9.89 Å². The van der Waals surface area contributed by atoms with Crippen molar-refractivity contribution >= 4 is 34.8 Å². The van der Waals surface area contributed by atoms with Gasteiger partial charge in [-0.15, -0.1) is 11.3 Å². The molecule has 2 aromatic carbocycles. The molecular formula is C25H22ClN3O4S. The van der Waals surface area contributed by atoms with E-state index in [0.717, 1.165) is 21.6 Å². The summed E-state index contributed by atoms with van der Waals surface area (Å²) in [7, 11) is 0. The molecule has 2 atom stereocenters. The lowest BCUT2D eigenvalue weighted by Gasteiger charge is -2.20. The van der Waals surface area contributed by atoms with Crippen LogP contribution in [0.4, 0.5) is 0 Å². The number of thiophene rings is 1. The number of carbonyl (C=O) groups excluding carboxylic acids is 1. The number of amides is 1. The SMILES string of the molecule is O=C(N[C@H](Cc1ccc(-c2ccccc2)cc1)C[C@@H](O)C(=O)O)c1cc(-c2ccc(Cl)s2)[nH]n1. The Balaban J connectivity index is 1.48. The van der Waals surface area contributed by atoms with Crippen LogP contribution in [0.15, 0.2) is 72.8 Å². The molecule has 9 heteroatoms. The van der Waals surface area contributed by atoms with E-state index in [-0.39, 0.29) is 12.1 Å². The largest absolute Gasteiger partial charge is 0.479 e. The van der Waals surface area contributed by atoms with Crippen LogP contribution in [0.3, 0.4) is 0 Å². The van der Waals surface area contributed by atoms with Gasteiger partial charge in [-0.1, -0.05) is 66.2 Å². The molecular weight excluding hydrogens is 474 g/mol. The first kappa shape index (κ1) is 23.7. The topological polar surface area (TPSA) is 115 Å². The van der Waals surface area contributed by atoms with E-state index in [1.54, 1.807) is 12.1 Å².